The first-order chi connectivity index (χ1) is 8.81. The van der Waals surface area contributed by atoms with Gasteiger partial charge in [0, 0.05) is 23.7 Å². The summed E-state index contributed by atoms with van der Waals surface area (Å²) in [6, 6.07) is 5.31. The Morgan fingerprint density at radius 3 is 2.47 bits per heavy atom. The molecule has 0 radical (unpaired) electrons. The Kier molecular flexibility index (Phi) is 5.36. The van der Waals surface area contributed by atoms with E-state index < -0.39 is 0 Å². The highest BCUT2D eigenvalue weighted by Gasteiger charge is 2.16. The van der Waals surface area contributed by atoms with Crippen molar-refractivity contribution in [2.75, 3.05) is 11.9 Å². The van der Waals surface area contributed by atoms with E-state index in [1.165, 1.54) is 11.8 Å². The van der Waals surface area contributed by atoms with Gasteiger partial charge in [-0.05, 0) is 38.5 Å². The Balaban J connectivity index is 2.69. The van der Waals surface area contributed by atoms with E-state index in [-0.39, 0.29) is 24.4 Å². The second-order valence-corrected chi connectivity index (χ2v) is 5.16. The molecule has 0 aliphatic heterocycles. The van der Waals surface area contributed by atoms with E-state index in [9.17, 15) is 9.59 Å². The van der Waals surface area contributed by atoms with Crippen LogP contribution in [0.4, 0.5) is 5.69 Å². The summed E-state index contributed by atoms with van der Waals surface area (Å²) in [6.07, 6.45) is 0. The number of hydrogen-bond acceptors (Lipinski definition) is 2. The van der Waals surface area contributed by atoms with Crippen molar-refractivity contribution in [2.24, 2.45) is 0 Å². The lowest BCUT2D eigenvalue weighted by Gasteiger charge is -2.24. The van der Waals surface area contributed by atoms with Gasteiger partial charge in [-0.15, -0.1) is 0 Å². The van der Waals surface area contributed by atoms with Crippen LogP contribution >= 0.6 is 11.6 Å². The molecular formula is C14H19ClN2O2. The lowest BCUT2D eigenvalue weighted by atomic mass is 10.2. The highest BCUT2D eigenvalue weighted by Crippen LogP contribution is 2.19. The molecule has 5 heteroatoms. The number of anilines is 1. The molecule has 0 unspecified atom stereocenters. The lowest BCUT2D eigenvalue weighted by molar-refractivity contribution is -0.134. The lowest BCUT2D eigenvalue weighted by Crippen LogP contribution is -2.41. The molecule has 4 nitrogen and oxygen atoms in total. The Morgan fingerprint density at radius 2 is 2.00 bits per heavy atom. The van der Waals surface area contributed by atoms with Gasteiger partial charge in [-0.2, -0.15) is 0 Å². The second kappa shape index (κ2) is 6.57. The maximum absolute atomic E-state index is 11.9. The van der Waals surface area contributed by atoms with Gasteiger partial charge in [0.25, 0.3) is 0 Å². The minimum atomic E-state index is -0.233. The van der Waals surface area contributed by atoms with Crippen molar-refractivity contribution in [3.05, 3.63) is 28.8 Å². The van der Waals surface area contributed by atoms with Crippen molar-refractivity contribution in [3.63, 3.8) is 0 Å². The first-order valence-corrected chi connectivity index (χ1v) is 6.52. The maximum atomic E-state index is 11.9. The third-order valence-corrected chi connectivity index (χ3v) is 3.20. The van der Waals surface area contributed by atoms with Gasteiger partial charge in [0.15, 0.2) is 0 Å². The molecule has 1 rings (SSSR count). The Bertz CT molecular complexity index is 486. The quantitative estimate of drug-likeness (QED) is 0.923. The van der Waals surface area contributed by atoms with E-state index in [2.05, 4.69) is 5.32 Å². The summed E-state index contributed by atoms with van der Waals surface area (Å²) in [6.45, 7) is 7.13. The number of benzene rings is 1. The minimum absolute atomic E-state index is 0.00939. The van der Waals surface area contributed by atoms with Crippen LogP contribution in [0.3, 0.4) is 0 Å². The van der Waals surface area contributed by atoms with E-state index in [0.717, 1.165) is 5.56 Å². The molecule has 0 saturated carbocycles. The molecule has 0 aliphatic carbocycles. The van der Waals surface area contributed by atoms with Crippen LogP contribution < -0.4 is 5.32 Å². The first-order valence-electron chi connectivity index (χ1n) is 6.14. The minimum Gasteiger partial charge on any atom is -0.331 e. The predicted molar refractivity (Wildman–Crippen MR) is 77.3 cm³/mol. The van der Waals surface area contributed by atoms with Crippen LogP contribution in [-0.2, 0) is 9.59 Å². The predicted octanol–water partition coefficient (Wildman–Crippen LogP) is 2.84. The number of amides is 2. The van der Waals surface area contributed by atoms with E-state index in [4.69, 9.17) is 11.6 Å². The molecular weight excluding hydrogens is 264 g/mol. The standard InChI is InChI=1S/C14H19ClN2O2/c1-9(2)17(11(4)18)8-14(19)16-12-6-5-10(3)13(15)7-12/h5-7,9H,8H2,1-4H3,(H,16,19). The van der Waals surface area contributed by atoms with E-state index in [0.29, 0.717) is 10.7 Å². The molecule has 0 spiro atoms. The van der Waals surface area contributed by atoms with E-state index >= 15 is 0 Å². The van der Waals surface area contributed by atoms with Crippen LogP contribution in [0, 0.1) is 6.92 Å². The van der Waals surface area contributed by atoms with Crippen molar-refractivity contribution < 1.29 is 9.59 Å². The number of nitrogens with one attached hydrogen (secondary N) is 1. The Morgan fingerprint density at radius 1 is 1.37 bits per heavy atom. The Hall–Kier alpha value is -1.55. The second-order valence-electron chi connectivity index (χ2n) is 4.75. The fraction of sp³-hybridized carbons (Fsp3) is 0.429. The molecule has 104 valence electrons. The van der Waals surface area contributed by atoms with Gasteiger partial charge in [-0.3, -0.25) is 9.59 Å². The van der Waals surface area contributed by atoms with Crippen molar-refractivity contribution >= 4 is 29.1 Å². The molecule has 1 aromatic rings. The van der Waals surface area contributed by atoms with Crippen LogP contribution in [0.5, 0.6) is 0 Å². The molecule has 0 atom stereocenters. The van der Waals surface area contributed by atoms with Gasteiger partial charge in [0.2, 0.25) is 11.8 Å². The molecule has 0 aliphatic rings. The smallest absolute Gasteiger partial charge is 0.244 e. The molecule has 0 heterocycles. The maximum Gasteiger partial charge on any atom is 0.244 e. The molecule has 1 aromatic carbocycles. The van der Waals surface area contributed by atoms with Crippen LogP contribution in [0.2, 0.25) is 5.02 Å². The van der Waals surface area contributed by atoms with E-state index in [1.807, 2.05) is 26.8 Å². The zero-order chi connectivity index (χ0) is 14.6. The van der Waals surface area contributed by atoms with Crippen LogP contribution in [0.25, 0.3) is 0 Å². The molecule has 1 N–H and O–H groups in total. The molecule has 2 amide bonds. The topological polar surface area (TPSA) is 49.4 Å². The summed E-state index contributed by atoms with van der Waals surface area (Å²) >= 11 is 5.99. The third kappa shape index (κ3) is 4.56. The van der Waals surface area contributed by atoms with Gasteiger partial charge in [-0.1, -0.05) is 17.7 Å². The summed E-state index contributed by atoms with van der Waals surface area (Å²) in [4.78, 5) is 24.8. The van der Waals surface area contributed by atoms with Crippen LogP contribution in [0.15, 0.2) is 18.2 Å². The van der Waals surface area contributed by atoms with Crippen LogP contribution in [0.1, 0.15) is 26.3 Å². The van der Waals surface area contributed by atoms with Crippen molar-refractivity contribution in [2.45, 2.75) is 33.7 Å². The summed E-state index contributed by atoms with van der Waals surface area (Å²) in [7, 11) is 0. The largest absolute Gasteiger partial charge is 0.331 e. The first kappa shape index (κ1) is 15.5. The Labute approximate surface area is 118 Å². The van der Waals surface area contributed by atoms with Gasteiger partial charge in [-0.25, -0.2) is 0 Å². The summed E-state index contributed by atoms with van der Waals surface area (Å²) in [5, 5.41) is 3.33. The SMILES string of the molecule is CC(=O)N(CC(=O)Nc1ccc(C)c(Cl)c1)C(C)C. The number of carbonyl (C=O) groups excluding carboxylic acids is 2. The average molecular weight is 283 g/mol. The van der Waals surface area contributed by atoms with Gasteiger partial charge in [0.1, 0.15) is 6.54 Å². The van der Waals surface area contributed by atoms with Gasteiger partial charge in [0.05, 0.1) is 0 Å². The average Bonchev–Trinajstić information content (AvgIpc) is 2.30. The summed E-state index contributed by atoms with van der Waals surface area (Å²) < 4.78 is 0. The van der Waals surface area contributed by atoms with Gasteiger partial charge < -0.3 is 10.2 Å². The van der Waals surface area contributed by atoms with Crippen LogP contribution in [-0.4, -0.2) is 29.3 Å². The number of aryl methyl sites for hydroxylation is 1. The van der Waals surface area contributed by atoms with E-state index in [1.54, 1.807) is 12.1 Å². The fourth-order valence-electron chi connectivity index (χ4n) is 1.68. The van der Waals surface area contributed by atoms with Gasteiger partial charge >= 0.3 is 0 Å². The molecule has 0 fully saturated rings. The zero-order valence-corrected chi connectivity index (χ0v) is 12.4. The molecule has 0 saturated heterocycles. The highest BCUT2D eigenvalue weighted by atomic mass is 35.5. The monoisotopic (exact) mass is 282 g/mol. The number of rotatable bonds is 4. The number of hydrogen-bond donors (Lipinski definition) is 1. The normalized spacial score (nSPS) is 10.4. The number of halogens is 1. The zero-order valence-electron chi connectivity index (χ0n) is 11.7. The number of nitrogens with zero attached hydrogens (tertiary/aromatic N) is 1. The summed E-state index contributed by atoms with van der Waals surface area (Å²) in [5.74, 6) is -0.351. The van der Waals surface area contributed by atoms with Crippen molar-refractivity contribution in [1.82, 2.24) is 4.90 Å². The highest BCUT2D eigenvalue weighted by molar-refractivity contribution is 6.31. The fourth-order valence-corrected chi connectivity index (χ4v) is 1.86. The molecule has 19 heavy (non-hydrogen) atoms. The summed E-state index contributed by atoms with van der Waals surface area (Å²) in [5.41, 5.74) is 1.58. The number of carbonyl (C=O) groups is 2. The molecule has 0 bridgehead atoms. The van der Waals surface area contributed by atoms with Crippen molar-refractivity contribution in [3.8, 4) is 0 Å². The molecule has 0 aromatic heterocycles. The third-order valence-electron chi connectivity index (χ3n) is 2.80. The van der Waals surface area contributed by atoms with Crippen molar-refractivity contribution in [1.29, 1.82) is 0 Å².